The molecule has 4 nitrogen and oxygen atoms in total. The van der Waals surface area contributed by atoms with Gasteiger partial charge in [0.1, 0.15) is 4.88 Å². The maximum atomic E-state index is 12.2. The lowest BCUT2D eigenvalue weighted by molar-refractivity contribution is 0.0958. The number of nitrogens with two attached hydrogens (primary N) is 1. The Bertz CT molecular complexity index is 700. The third-order valence-corrected chi connectivity index (χ3v) is 6.35. The van der Waals surface area contributed by atoms with E-state index in [-0.39, 0.29) is 11.2 Å². The molecule has 0 spiro atoms. The Morgan fingerprint density at radius 1 is 1.52 bits per heavy atom. The van der Waals surface area contributed by atoms with Crippen LogP contribution in [-0.4, -0.2) is 28.2 Å². The Morgan fingerprint density at radius 2 is 2.24 bits per heavy atom. The Morgan fingerprint density at radius 3 is 2.90 bits per heavy atom. The number of hydrogen-bond acceptors (Lipinski definition) is 4. The van der Waals surface area contributed by atoms with Gasteiger partial charge in [0, 0.05) is 43.4 Å². The van der Waals surface area contributed by atoms with E-state index in [2.05, 4.69) is 21.2 Å². The van der Waals surface area contributed by atoms with Crippen LogP contribution in [-0.2, 0) is 10.8 Å². The van der Waals surface area contributed by atoms with Gasteiger partial charge in [-0.2, -0.15) is 0 Å². The fourth-order valence-electron chi connectivity index (χ4n) is 1.89. The molecular formula is C14H17BrN2O2S2. The van der Waals surface area contributed by atoms with Gasteiger partial charge in [0.25, 0.3) is 5.91 Å². The van der Waals surface area contributed by atoms with E-state index in [9.17, 15) is 9.00 Å². The normalized spacial score (nSPS) is 14.0. The molecule has 0 radical (unpaired) electrons. The van der Waals surface area contributed by atoms with Crippen molar-refractivity contribution >= 4 is 59.7 Å². The van der Waals surface area contributed by atoms with Crippen LogP contribution >= 0.6 is 27.3 Å². The Hall–Kier alpha value is -0.920. The highest BCUT2D eigenvalue weighted by atomic mass is 79.9. The van der Waals surface area contributed by atoms with Gasteiger partial charge < -0.3 is 11.1 Å². The lowest BCUT2D eigenvalue weighted by Crippen LogP contribution is -2.27. The summed E-state index contributed by atoms with van der Waals surface area (Å²) < 4.78 is 13.2. The summed E-state index contributed by atoms with van der Waals surface area (Å²) in [6.07, 6.45) is 2.36. The van der Waals surface area contributed by atoms with Gasteiger partial charge in [-0.25, -0.2) is 0 Å². The molecule has 2 atom stereocenters. The summed E-state index contributed by atoms with van der Waals surface area (Å²) in [7, 11) is -0.868. The van der Waals surface area contributed by atoms with Crippen molar-refractivity contribution in [1.29, 1.82) is 0 Å². The van der Waals surface area contributed by atoms with Crippen LogP contribution in [0.4, 0.5) is 5.69 Å². The van der Waals surface area contributed by atoms with E-state index < -0.39 is 10.8 Å². The molecule has 3 N–H and O–H groups in total. The first-order valence-corrected chi connectivity index (χ1v) is 9.71. The molecule has 2 unspecified atom stereocenters. The van der Waals surface area contributed by atoms with Crippen LogP contribution < -0.4 is 11.1 Å². The summed E-state index contributed by atoms with van der Waals surface area (Å²) >= 11 is 4.79. The number of hydrogen-bond donors (Lipinski definition) is 2. The summed E-state index contributed by atoms with van der Waals surface area (Å²) in [6, 6.07) is 5.79. The van der Waals surface area contributed by atoms with Crippen molar-refractivity contribution in [1.82, 2.24) is 5.32 Å². The molecule has 2 rings (SSSR count). The number of carbonyl (C=O) groups excluding carboxylic acids is 1. The first kappa shape index (κ1) is 16.5. The quantitative estimate of drug-likeness (QED) is 0.825. The molecule has 0 fully saturated rings. The standard InChI is InChI=1S/C14H17BrN2O2S2/c1-8(21(2)19)5-6-17-14(18)13-12(16)10-7-9(15)3-4-11(10)20-13/h3-4,7-8H,5-6,16H2,1-2H3,(H,17,18). The van der Waals surface area contributed by atoms with Crippen LogP contribution in [0.2, 0.25) is 0 Å². The van der Waals surface area contributed by atoms with Crippen LogP contribution in [0, 0.1) is 0 Å². The van der Waals surface area contributed by atoms with E-state index in [1.807, 2.05) is 25.1 Å². The molecule has 7 heteroatoms. The molecule has 1 aromatic carbocycles. The molecule has 0 aliphatic heterocycles. The second-order valence-corrected chi connectivity index (χ2v) is 8.61. The van der Waals surface area contributed by atoms with Crippen molar-refractivity contribution < 1.29 is 9.00 Å². The molecule has 1 aromatic heterocycles. The topological polar surface area (TPSA) is 72.2 Å². The zero-order valence-electron chi connectivity index (χ0n) is 11.8. The van der Waals surface area contributed by atoms with Gasteiger partial charge in [0.2, 0.25) is 0 Å². The zero-order chi connectivity index (χ0) is 15.6. The summed E-state index contributed by atoms with van der Waals surface area (Å²) in [5, 5.41) is 3.81. The van der Waals surface area contributed by atoms with E-state index in [0.717, 1.165) is 14.6 Å². The van der Waals surface area contributed by atoms with Crippen LogP contribution in [0.25, 0.3) is 10.1 Å². The molecule has 1 amide bonds. The number of rotatable bonds is 5. The third kappa shape index (κ3) is 3.84. The third-order valence-electron chi connectivity index (χ3n) is 3.30. The Kier molecular flexibility index (Phi) is 5.40. The van der Waals surface area contributed by atoms with E-state index in [0.29, 0.717) is 23.5 Å². The van der Waals surface area contributed by atoms with Gasteiger partial charge >= 0.3 is 0 Å². The van der Waals surface area contributed by atoms with Crippen molar-refractivity contribution in [3.63, 3.8) is 0 Å². The highest BCUT2D eigenvalue weighted by molar-refractivity contribution is 9.10. The number of benzene rings is 1. The highest BCUT2D eigenvalue weighted by Crippen LogP contribution is 2.35. The molecule has 0 saturated heterocycles. The number of halogens is 1. The van der Waals surface area contributed by atoms with Gasteiger partial charge in [0.15, 0.2) is 0 Å². The molecule has 2 aromatic rings. The maximum absolute atomic E-state index is 12.2. The monoisotopic (exact) mass is 388 g/mol. The number of nitrogen functional groups attached to an aromatic ring is 1. The van der Waals surface area contributed by atoms with Crippen LogP contribution in [0.5, 0.6) is 0 Å². The van der Waals surface area contributed by atoms with Gasteiger partial charge in [-0.1, -0.05) is 22.9 Å². The number of nitrogens with one attached hydrogen (secondary N) is 1. The molecule has 21 heavy (non-hydrogen) atoms. The number of carbonyl (C=O) groups is 1. The van der Waals surface area contributed by atoms with Gasteiger partial charge in [-0.15, -0.1) is 11.3 Å². The van der Waals surface area contributed by atoms with E-state index >= 15 is 0 Å². The van der Waals surface area contributed by atoms with Gasteiger partial charge in [0.05, 0.1) is 5.69 Å². The summed E-state index contributed by atoms with van der Waals surface area (Å²) in [4.78, 5) is 12.7. The minimum absolute atomic E-state index is 0.0704. The Balaban J connectivity index is 2.09. The number of anilines is 1. The molecule has 0 bridgehead atoms. The van der Waals surface area contributed by atoms with Gasteiger partial charge in [-0.05, 0) is 24.6 Å². The molecule has 0 aliphatic carbocycles. The van der Waals surface area contributed by atoms with Crippen molar-refractivity contribution in [3.8, 4) is 0 Å². The van der Waals surface area contributed by atoms with Crippen molar-refractivity contribution in [3.05, 3.63) is 27.5 Å². The second-order valence-electron chi connectivity index (χ2n) is 4.84. The molecule has 0 aliphatic rings. The minimum atomic E-state index is -0.868. The maximum Gasteiger partial charge on any atom is 0.263 e. The molecule has 0 saturated carbocycles. The van der Waals surface area contributed by atoms with Crippen LogP contribution in [0.3, 0.4) is 0 Å². The van der Waals surface area contributed by atoms with Crippen LogP contribution in [0.1, 0.15) is 23.0 Å². The van der Waals surface area contributed by atoms with Gasteiger partial charge in [-0.3, -0.25) is 9.00 Å². The average molecular weight is 389 g/mol. The SMILES string of the molecule is CC(CCNC(=O)c1sc2ccc(Br)cc2c1N)S(C)=O. The van der Waals surface area contributed by atoms with E-state index in [4.69, 9.17) is 5.73 Å². The van der Waals surface area contributed by atoms with Crippen molar-refractivity contribution in [2.24, 2.45) is 0 Å². The molecule has 1 heterocycles. The molecule has 114 valence electrons. The smallest absolute Gasteiger partial charge is 0.263 e. The predicted octanol–water partition coefficient (Wildman–Crippen LogP) is 3.13. The predicted molar refractivity (Wildman–Crippen MR) is 94.4 cm³/mol. The summed E-state index contributed by atoms with van der Waals surface area (Å²) in [5.41, 5.74) is 6.58. The first-order chi connectivity index (χ1) is 9.90. The van der Waals surface area contributed by atoms with Crippen molar-refractivity contribution in [2.75, 3.05) is 18.5 Å². The summed E-state index contributed by atoms with van der Waals surface area (Å²) in [5.74, 6) is -0.168. The zero-order valence-corrected chi connectivity index (χ0v) is 15.0. The fraction of sp³-hybridized carbons (Fsp3) is 0.357. The largest absolute Gasteiger partial charge is 0.397 e. The number of fused-ring (bicyclic) bond motifs is 1. The number of thiophene rings is 1. The first-order valence-electron chi connectivity index (χ1n) is 6.48. The minimum Gasteiger partial charge on any atom is -0.397 e. The lowest BCUT2D eigenvalue weighted by Gasteiger charge is -2.08. The summed E-state index contributed by atoms with van der Waals surface area (Å²) in [6.45, 7) is 2.41. The second kappa shape index (κ2) is 6.89. The highest BCUT2D eigenvalue weighted by Gasteiger charge is 2.16. The van der Waals surface area contributed by atoms with E-state index in [1.54, 1.807) is 6.26 Å². The Labute approximate surface area is 138 Å². The van der Waals surface area contributed by atoms with E-state index in [1.165, 1.54) is 11.3 Å². The van der Waals surface area contributed by atoms with Crippen LogP contribution in [0.15, 0.2) is 22.7 Å². The fourth-order valence-corrected chi connectivity index (χ4v) is 3.72. The lowest BCUT2D eigenvalue weighted by atomic mass is 10.2. The average Bonchev–Trinajstić information content (AvgIpc) is 2.75. The van der Waals surface area contributed by atoms with Crippen molar-refractivity contribution in [2.45, 2.75) is 18.6 Å². The molecular weight excluding hydrogens is 372 g/mol. The number of amides is 1.